The van der Waals surface area contributed by atoms with Gasteiger partial charge in [0.15, 0.2) is 0 Å². The lowest BCUT2D eigenvalue weighted by Gasteiger charge is -2.33. The van der Waals surface area contributed by atoms with E-state index in [4.69, 9.17) is 15.3 Å². The topological polar surface area (TPSA) is 255 Å². The van der Waals surface area contributed by atoms with Crippen molar-refractivity contribution in [3.05, 3.63) is 35.4 Å². The fraction of sp³-hybridized carbons (Fsp3) is 0.667. The highest BCUT2D eigenvalue weighted by atomic mass is 16.4. The third-order valence-electron chi connectivity index (χ3n) is 5.41. The highest BCUT2D eigenvalue weighted by Crippen LogP contribution is 2.14. The summed E-state index contributed by atoms with van der Waals surface area (Å²) in [5, 5.41) is 108. The van der Waals surface area contributed by atoms with Gasteiger partial charge in [0.1, 0.15) is 36.6 Å². The number of amides is 1. The summed E-state index contributed by atoms with van der Waals surface area (Å²) in [7, 11) is 0. The summed E-state index contributed by atoms with van der Waals surface area (Å²) >= 11 is 0. The second kappa shape index (κ2) is 15.2. The van der Waals surface area contributed by atoms with Crippen LogP contribution in [0.3, 0.4) is 0 Å². The number of rotatable bonds is 16. The predicted molar refractivity (Wildman–Crippen MR) is 119 cm³/mol. The highest BCUT2D eigenvalue weighted by Gasteiger charge is 2.34. The Balaban J connectivity index is 2.98. The molecule has 35 heavy (non-hydrogen) atoms. The summed E-state index contributed by atoms with van der Waals surface area (Å²) in [5.41, 5.74) is 1.26. The number of carbonyl (C=O) groups is 1. The standard InChI is InChI=1S/C21H36N2O12/c24-9-15(28)19(32)17(30)13(26)7-23(8-14(27)18(31)20(33)16(29)10-25)6-12-3-1-11(2-4-12)5-22-21(34)35/h1-4,13-20,22,24-33H,5-10H2,(H,34,35). The van der Waals surface area contributed by atoms with Crippen LogP contribution in [0, 0.1) is 0 Å². The van der Waals surface area contributed by atoms with E-state index in [-0.39, 0.29) is 13.1 Å². The average molecular weight is 509 g/mol. The minimum atomic E-state index is -1.88. The first-order valence-corrected chi connectivity index (χ1v) is 10.8. The molecular formula is C21H36N2O12. The van der Waals surface area contributed by atoms with E-state index in [1.807, 2.05) is 0 Å². The number of hydrogen-bond donors (Lipinski definition) is 12. The van der Waals surface area contributed by atoms with Gasteiger partial charge >= 0.3 is 6.09 Å². The molecule has 0 aromatic heterocycles. The van der Waals surface area contributed by atoms with Gasteiger partial charge in [0, 0.05) is 26.2 Å². The molecule has 0 heterocycles. The summed E-state index contributed by atoms with van der Waals surface area (Å²) in [6, 6.07) is 6.52. The van der Waals surface area contributed by atoms with Gasteiger partial charge in [-0.25, -0.2) is 4.79 Å². The van der Waals surface area contributed by atoms with Crippen LogP contribution < -0.4 is 5.32 Å². The van der Waals surface area contributed by atoms with Gasteiger partial charge in [0.25, 0.3) is 0 Å². The largest absolute Gasteiger partial charge is 0.465 e. The first kappa shape index (κ1) is 31.1. The zero-order chi connectivity index (χ0) is 26.7. The Morgan fingerprint density at radius 2 is 1.06 bits per heavy atom. The number of nitrogens with one attached hydrogen (secondary N) is 1. The molecule has 8 unspecified atom stereocenters. The molecule has 0 aliphatic rings. The summed E-state index contributed by atoms with van der Waals surface area (Å²) < 4.78 is 0. The molecule has 0 bridgehead atoms. The fourth-order valence-electron chi connectivity index (χ4n) is 3.27. The molecule has 0 aliphatic carbocycles. The van der Waals surface area contributed by atoms with Gasteiger partial charge in [0.05, 0.1) is 25.4 Å². The molecule has 8 atom stereocenters. The number of benzene rings is 1. The van der Waals surface area contributed by atoms with Gasteiger partial charge in [-0.15, -0.1) is 0 Å². The Labute approximate surface area is 201 Å². The van der Waals surface area contributed by atoms with Crippen LogP contribution in [-0.2, 0) is 13.1 Å². The molecule has 202 valence electrons. The van der Waals surface area contributed by atoms with Crippen molar-refractivity contribution in [3.63, 3.8) is 0 Å². The van der Waals surface area contributed by atoms with Crippen LogP contribution in [0.15, 0.2) is 24.3 Å². The summed E-state index contributed by atoms with van der Waals surface area (Å²) in [6.07, 6.45) is -15.5. The van der Waals surface area contributed by atoms with Crippen molar-refractivity contribution in [2.45, 2.75) is 61.9 Å². The smallest absolute Gasteiger partial charge is 0.404 e. The predicted octanol–water partition coefficient (Wildman–Crippen LogP) is -4.87. The van der Waals surface area contributed by atoms with Crippen molar-refractivity contribution in [1.82, 2.24) is 10.2 Å². The maximum absolute atomic E-state index is 10.6. The van der Waals surface area contributed by atoms with Crippen LogP contribution in [-0.4, -0.2) is 142 Å². The SMILES string of the molecule is O=C(O)NCc1ccc(CN(CC(O)C(O)C(O)C(O)CO)CC(O)C(O)C(O)C(O)CO)cc1. The van der Waals surface area contributed by atoms with Crippen molar-refractivity contribution >= 4 is 6.09 Å². The second-order valence-corrected chi connectivity index (χ2v) is 8.27. The maximum Gasteiger partial charge on any atom is 0.404 e. The Morgan fingerprint density at radius 3 is 1.43 bits per heavy atom. The first-order valence-electron chi connectivity index (χ1n) is 10.8. The van der Waals surface area contributed by atoms with E-state index in [0.717, 1.165) is 0 Å². The highest BCUT2D eigenvalue weighted by molar-refractivity contribution is 5.64. The van der Waals surface area contributed by atoms with E-state index in [1.165, 1.54) is 4.90 Å². The van der Waals surface area contributed by atoms with E-state index in [1.54, 1.807) is 24.3 Å². The molecule has 1 rings (SSSR count). The molecule has 0 spiro atoms. The molecule has 0 fully saturated rings. The zero-order valence-corrected chi connectivity index (χ0v) is 18.9. The van der Waals surface area contributed by atoms with Gasteiger partial charge in [-0.3, -0.25) is 4.90 Å². The number of aliphatic hydroxyl groups is 10. The van der Waals surface area contributed by atoms with Crippen LogP contribution in [0.1, 0.15) is 11.1 Å². The number of nitrogens with zero attached hydrogens (tertiary/aromatic N) is 1. The third kappa shape index (κ3) is 10.3. The Kier molecular flexibility index (Phi) is 13.5. The normalized spacial score (nSPS) is 18.8. The first-order chi connectivity index (χ1) is 16.4. The van der Waals surface area contributed by atoms with E-state index >= 15 is 0 Å². The van der Waals surface area contributed by atoms with Gasteiger partial charge < -0.3 is 61.5 Å². The fourth-order valence-corrected chi connectivity index (χ4v) is 3.27. The molecule has 14 nitrogen and oxygen atoms in total. The minimum absolute atomic E-state index is 0.0114. The van der Waals surface area contributed by atoms with Crippen molar-refractivity contribution in [2.24, 2.45) is 0 Å². The van der Waals surface area contributed by atoms with Gasteiger partial charge in [0.2, 0.25) is 0 Å². The number of hydrogen-bond acceptors (Lipinski definition) is 12. The van der Waals surface area contributed by atoms with Crippen LogP contribution in [0.4, 0.5) is 4.79 Å². The number of carboxylic acid groups (broad SMARTS) is 1. The van der Waals surface area contributed by atoms with Crippen molar-refractivity contribution in [3.8, 4) is 0 Å². The molecule has 1 aromatic carbocycles. The molecule has 0 radical (unpaired) electrons. The molecule has 0 aliphatic heterocycles. The van der Waals surface area contributed by atoms with E-state index in [0.29, 0.717) is 11.1 Å². The quantitative estimate of drug-likeness (QED) is 0.100. The summed E-state index contributed by atoms with van der Waals surface area (Å²) in [5.74, 6) is 0. The van der Waals surface area contributed by atoms with E-state index in [9.17, 15) is 45.6 Å². The van der Waals surface area contributed by atoms with Crippen molar-refractivity contribution in [1.29, 1.82) is 0 Å². The Bertz CT molecular complexity index is 710. The molecule has 12 N–H and O–H groups in total. The van der Waals surface area contributed by atoms with Crippen LogP contribution in [0.2, 0.25) is 0 Å². The van der Waals surface area contributed by atoms with Crippen molar-refractivity contribution < 1.29 is 61.0 Å². The third-order valence-corrected chi connectivity index (χ3v) is 5.41. The Morgan fingerprint density at radius 1 is 0.686 bits per heavy atom. The molecule has 1 aromatic rings. The Hall–Kier alpha value is -1.95. The van der Waals surface area contributed by atoms with Crippen LogP contribution >= 0.6 is 0 Å². The molecule has 0 saturated heterocycles. The lowest BCUT2D eigenvalue weighted by Crippen LogP contribution is -2.53. The minimum Gasteiger partial charge on any atom is -0.465 e. The summed E-state index contributed by atoms with van der Waals surface area (Å²) in [4.78, 5) is 12.0. The van der Waals surface area contributed by atoms with Crippen LogP contribution in [0.5, 0.6) is 0 Å². The van der Waals surface area contributed by atoms with Gasteiger partial charge in [-0.05, 0) is 11.1 Å². The maximum atomic E-state index is 10.6. The molecular weight excluding hydrogens is 472 g/mol. The summed E-state index contributed by atoms with van der Waals surface area (Å²) in [6.45, 7) is -2.47. The van der Waals surface area contributed by atoms with Crippen molar-refractivity contribution in [2.75, 3.05) is 26.3 Å². The lowest BCUT2D eigenvalue weighted by molar-refractivity contribution is -0.131. The van der Waals surface area contributed by atoms with Crippen LogP contribution in [0.25, 0.3) is 0 Å². The number of aliphatic hydroxyl groups excluding tert-OH is 10. The van der Waals surface area contributed by atoms with E-state index in [2.05, 4.69) is 5.32 Å². The molecule has 0 saturated carbocycles. The lowest BCUT2D eigenvalue weighted by atomic mass is 10.0. The van der Waals surface area contributed by atoms with E-state index < -0.39 is 81.2 Å². The van der Waals surface area contributed by atoms with Gasteiger partial charge in [-0.2, -0.15) is 0 Å². The monoisotopic (exact) mass is 508 g/mol. The van der Waals surface area contributed by atoms with Gasteiger partial charge in [-0.1, -0.05) is 24.3 Å². The zero-order valence-electron chi connectivity index (χ0n) is 18.9. The average Bonchev–Trinajstić information content (AvgIpc) is 2.84. The molecule has 14 heteroatoms. The second-order valence-electron chi connectivity index (χ2n) is 8.27. The molecule has 1 amide bonds.